The lowest BCUT2D eigenvalue weighted by atomic mass is 9.83. The second kappa shape index (κ2) is 8.87. The van der Waals surface area contributed by atoms with Crippen molar-refractivity contribution in [1.29, 1.82) is 0 Å². The van der Waals surface area contributed by atoms with E-state index in [9.17, 15) is 19.5 Å². The van der Waals surface area contributed by atoms with Gasteiger partial charge in [-0.3, -0.25) is 20.5 Å². The van der Waals surface area contributed by atoms with Gasteiger partial charge in [0.05, 0.1) is 19.3 Å². The summed E-state index contributed by atoms with van der Waals surface area (Å²) < 4.78 is 23.4. The summed E-state index contributed by atoms with van der Waals surface area (Å²) in [7, 11) is 0. The predicted molar refractivity (Wildman–Crippen MR) is 91.4 cm³/mol. The molecule has 2 aromatic rings. The van der Waals surface area contributed by atoms with Crippen molar-refractivity contribution in [2.75, 3.05) is 13.2 Å². The Bertz CT molecular complexity index is 871. The second-order valence-electron chi connectivity index (χ2n) is 6.19. The van der Waals surface area contributed by atoms with E-state index in [0.717, 1.165) is 5.56 Å². The number of carbonyl (C=O) groups excluding carboxylic acids is 1. The molecule has 1 aliphatic rings. The van der Waals surface area contributed by atoms with Crippen LogP contribution in [0.4, 0.5) is 4.39 Å². The first-order valence-electron chi connectivity index (χ1n) is 8.57. The van der Waals surface area contributed by atoms with E-state index in [1.165, 1.54) is 12.1 Å². The average molecular weight is 394 g/mol. The molecule has 28 heavy (non-hydrogen) atoms. The lowest BCUT2D eigenvalue weighted by molar-refractivity contribution is -0.129. The highest BCUT2D eigenvalue weighted by atomic mass is 19.1. The highest BCUT2D eigenvalue weighted by Gasteiger charge is 2.28. The van der Waals surface area contributed by atoms with Crippen LogP contribution in [0.15, 0.2) is 27.8 Å². The van der Waals surface area contributed by atoms with Crippen LogP contribution in [-0.2, 0) is 11.2 Å². The van der Waals surface area contributed by atoms with Crippen LogP contribution in [0.1, 0.15) is 35.7 Å². The average Bonchev–Trinajstić information content (AvgIpc) is 3.15. The number of ether oxygens (including phenoxy) is 1. The van der Waals surface area contributed by atoms with E-state index >= 15 is 0 Å². The van der Waals surface area contributed by atoms with Gasteiger partial charge in [0.2, 0.25) is 5.69 Å². The normalized spacial score (nSPS) is 16.9. The number of hydrogen-bond donors (Lipinski definition) is 4. The van der Waals surface area contributed by atoms with E-state index in [-0.39, 0.29) is 48.7 Å². The van der Waals surface area contributed by atoms with E-state index in [4.69, 9.17) is 9.84 Å². The number of nitrogens with one attached hydrogen (secondary N) is 1. The largest absolute Gasteiger partial charge is 0.474 e. The summed E-state index contributed by atoms with van der Waals surface area (Å²) in [4.78, 5) is 15.7. The quantitative estimate of drug-likeness (QED) is 0.204. The van der Waals surface area contributed by atoms with Gasteiger partial charge in [0, 0.05) is 6.42 Å². The van der Waals surface area contributed by atoms with E-state index in [2.05, 4.69) is 19.9 Å². The molecule has 10 nitrogen and oxygen atoms in total. The van der Waals surface area contributed by atoms with E-state index in [1.807, 2.05) is 5.48 Å². The molecule has 2 atom stereocenters. The number of carbonyl (C=O) groups is 1. The molecular weight excluding hydrogens is 375 g/mol. The Labute approximate surface area is 158 Å². The summed E-state index contributed by atoms with van der Waals surface area (Å²) in [5, 5.41) is 34.6. The predicted octanol–water partition coefficient (Wildman–Crippen LogP) is 0.313. The van der Waals surface area contributed by atoms with Crippen molar-refractivity contribution in [2.24, 2.45) is 4.99 Å². The fourth-order valence-corrected chi connectivity index (χ4v) is 2.77. The van der Waals surface area contributed by atoms with E-state index in [1.54, 1.807) is 6.07 Å². The number of rotatable bonds is 9. The molecule has 1 heterocycles. The Morgan fingerprint density at radius 3 is 3.04 bits per heavy atom. The van der Waals surface area contributed by atoms with Crippen LogP contribution in [0.2, 0.25) is 0 Å². The number of fused-ring (bicyclic) bond motifs is 1. The molecule has 0 fully saturated rings. The van der Waals surface area contributed by atoms with E-state index in [0.29, 0.717) is 12.0 Å². The Kier molecular flexibility index (Phi) is 6.29. The first-order valence-corrected chi connectivity index (χ1v) is 8.57. The Balaban J connectivity index is 1.62. The number of aromatic nitrogens is 2. The molecule has 0 saturated carbocycles. The second-order valence-corrected chi connectivity index (χ2v) is 6.19. The van der Waals surface area contributed by atoms with Crippen LogP contribution >= 0.6 is 0 Å². The summed E-state index contributed by atoms with van der Waals surface area (Å²) in [6, 6.07) is 4.09. The van der Waals surface area contributed by atoms with Crippen LogP contribution in [0.3, 0.4) is 0 Å². The van der Waals surface area contributed by atoms with Crippen molar-refractivity contribution in [3.63, 3.8) is 0 Å². The van der Waals surface area contributed by atoms with E-state index < -0.39 is 18.5 Å². The molecule has 0 saturated heterocycles. The van der Waals surface area contributed by atoms with Crippen molar-refractivity contribution in [3.05, 3.63) is 40.8 Å². The Morgan fingerprint density at radius 2 is 2.29 bits per heavy atom. The summed E-state index contributed by atoms with van der Waals surface area (Å²) in [6.45, 7) is -0.575. The zero-order valence-corrected chi connectivity index (χ0v) is 14.7. The molecule has 11 heteroatoms. The molecule has 150 valence electrons. The molecule has 1 aromatic carbocycles. The first kappa shape index (κ1) is 19.9. The maximum Gasteiger partial charge on any atom is 0.287 e. The van der Waals surface area contributed by atoms with Gasteiger partial charge in [0.15, 0.2) is 11.6 Å². The summed E-state index contributed by atoms with van der Waals surface area (Å²) in [5.74, 6) is -0.970. The van der Waals surface area contributed by atoms with Crippen molar-refractivity contribution in [3.8, 4) is 5.88 Å². The first-order chi connectivity index (χ1) is 13.5. The van der Waals surface area contributed by atoms with Crippen molar-refractivity contribution in [2.45, 2.75) is 31.4 Å². The number of aliphatic imine (C=N–C) groups is 1. The zero-order valence-electron chi connectivity index (χ0n) is 14.7. The third kappa shape index (κ3) is 4.32. The van der Waals surface area contributed by atoms with Gasteiger partial charge in [-0.2, -0.15) is 0 Å². The monoisotopic (exact) mass is 394 g/mol. The van der Waals surface area contributed by atoms with Crippen LogP contribution in [-0.4, -0.2) is 56.7 Å². The van der Waals surface area contributed by atoms with Gasteiger partial charge in [0.1, 0.15) is 11.9 Å². The number of ketones is 1. The number of aliphatic hydroxyl groups is 2. The number of amidine groups is 1. The highest BCUT2D eigenvalue weighted by molar-refractivity contribution is 5.98. The number of aliphatic hydroxyl groups excluding tert-OH is 2. The van der Waals surface area contributed by atoms with Gasteiger partial charge in [-0.15, -0.1) is 0 Å². The third-order valence-corrected chi connectivity index (χ3v) is 4.30. The molecular formula is C17H19FN4O6. The number of halogens is 1. The van der Waals surface area contributed by atoms with Crippen LogP contribution in [0.25, 0.3) is 0 Å². The van der Waals surface area contributed by atoms with Crippen LogP contribution in [0.5, 0.6) is 5.88 Å². The van der Waals surface area contributed by atoms with Gasteiger partial charge in [-0.05, 0) is 46.4 Å². The molecule has 1 aromatic heterocycles. The molecule has 4 N–H and O–H groups in total. The molecule has 1 aliphatic carbocycles. The maximum absolute atomic E-state index is 13.4. The summed E-state index contributed by atoms with van der Waals surface area (Å²) in [6.07, 6.45) is -0.559. The molecule has 0 bridgehead atoms. The number of Topliss-reactive ketones (excluding diaryl/α,β-unsaturated/α-hetero) is 1. The zero-order chi connectivity index (χ0) is 20.1. The maximum atomic E-state index is 13.4. The van der Waals surface area contributed by atoms with Gasteiger partial charge in [-0.25, -0.2) is 9.02 Å². The number of benzene rings is 1. The number of hydroxylamine groups is 1. The van der Waals surface area contributed by atoms with Gasteiger partial charge >= 0.3 is 0 Å². The lowest BCUT2D eigenvalue weighted by Gasteiger charge is -2.27. The van der Waals surface area contributed by atoms with Gasteiger partial charge in [-0.1, -0.05) is 6.07 Å². The topological polar surface area (TPSA) is 150 Å². The van der Waals surface area contributed by atoms with Crippen molar-refractivity contribution >= 4 is 11.6 Å². The number of nitrogens with zero attached hydrogens (tertiary/aromatic N) is 3. The fraction of sp³-hybridized carbons (Fsp3) is 0.412. The van der Waals surface area contributed by atoms with Crippen molar-refractivity contribution < 1.29 is 34.0 Å². The molecule has 3 rings (SSSR count). The highest BCUT2D eigenvalue weighted by Crippen LogP contribution is 2.37. The molecule has 0 aliphatic heterocycles. The minimum absolute atomic E-state index is 0.00591. The smallest absolute Gasteiger partial charge is 0.287 e. The Morgan fingerprint density at radius 1 is 1.46 bits per heavy atom. The minimum atomic E-state index is -1.41. The fourth-order valence-electron chi connectivity index (χ4n) is 2.77. The van der Waals surface area contributed by atoms with Crippen LogP contribution < -0.4 is 10.2 Å². The van der Waals surface area contributed by atoms with Gasteiger partial charge in [0.25, 0.3) is 5.88 Å². The van der Waals surface area contributed by atoms with Crippen LogP contribution in [0, 0.1) is 5.82 Å². The molecule has 0 radical (unpaired) electrons. The molecule has 0 amide bonds. The molecule has 0 spiro atoms. The Hall–Kier alpha value is -2.89. The molecule has 0 unspecified atom stereocenters. The summed E-state index contributed by atoms with van der Waals surface area (Å²) in [5.41, 5.74) is 3.63. The number of hydrogen-bond acceptors (Lipinski definition) is 9. The standard InChI is InChI=1S/C17H19FN4O6/c18-10-4-3-9-6-12(11(9)7-10)19-16(20-26)15-17(22-28-21-15)27-5-1-2-13(24)14(25)8-23/h3-4,7,12,14,23,25-26H,1-2,5-6,8H2,(H,19,20)/t12-,14+/m0/s1. The van der Waals surface area contributed by atoms with Crippen molar-refractivity contribution in [1.82, 2.24) is 15.8 Å². The minimum Gasteiger partial charge on any atom is -0.474 e. The van der Waals surface area contributed by atoms with Gasteiger partial charge < -0.3 is 14.9 Å². The third-order valence-electron chi connectivity index (χ3n) is 4.30. The lowest BCUT2D eigenvalue weighted by Crippen LogP contribution is -2.26. The summed E-state index contributed by atoms with van der Waals surface area (Å²) >= 11 is 0. The SMILES string of the molecule is O=C(CCCOc1nonc1C(=N[C@H]1Cc2ccc(F)cc21)NO)[C@H](O)CO.